The lowest BCUT2D eigenvalue weighted by Crippen LogP contribution is -2.50. The van der Waals surface area contributed by atoms with Gasteiger partial charge in [0.2, 0.25) is 6.29 Å². The van der Waals surface area contributed by atoms with Crippen LogP contribution in [0.25, 0.3) is 0 Å². The van der Waals surface area contributed by atoms with Gasteiger partial charge in [0.05, 0.1) is 6.61 Å². The number of alkyl halides is 5. The zero-order valence-corrected chi connectivity index (χ0v) is 9.34. The van der Waals surface area contributed by atoms with Crippen LogP contribution in [-0.2, 0) is 9.47 Å². The molecule has 8 heteroatoms. The van der Waals surface area contributed by atoms with Gasteiger partial charge in [-0.1, -0.05) is 0 Å². The molecule has 3 fully saturated rings. The van der Waals surface area contributed by atoms with E-state index >= 15 is 0 Å². The van der Waals surface area contributed by atoms with Gasteiger partial charge >= 0.3 is 12.1 Å². The third kappa shape index (κ3) is 1.58. The highest BCUT2D eigenvalue weighted by Gasteiger charge is 2.69. The number of halogens is 5. The standard InChI is InChI=1S/C10H12F5NO2/c11-9(12,10(13,14)15)7-17-5-8(18-7)4-16-2-1-6(8)3-16/h6-7H,1-5H2/t6-,7-,8+/m1/s1. The molecule has 0 N–H and O–H groups in total. The van der Waals surface area contributed by atoms with Crippen molar-refractivity contribution in [3.05, 3.63) is 0 Å². The van der Waals surface area contributed by atoms with Gasteiger partial charge in [0.15, 0.2) is 0 Å². The SMILES string of the molecule is FC(F)(F)C(F)(F)[C@@H]1OC[C@]2(CN3CC[C@@H]2C3)O1. The Bertz CT molecular complexity index is 361. The van der Waals surface area contributed by atoms with Crippen molar-refractivity contribution in [2.45, 2.75) is 30.4 Å². The fourth-order valence-corrected chi connectivity index (χ4v) is 3.02. The molecule has 3 saturated heterocycles. The van der Waals surface area contributed by atoms with E-state index in [0.29, 0.717) is 13.1 Å². The summed E-state index contributed by atoms with van der Waals surface area (Å²) in [4.78, 5) is 2.00. The monoisotopic (exact) mass is 273 g/mol. The zero-order chi connectivity index (χ0) is 13.2. The average molecular weight is 273 g/mol. The molecule has 0 amide bonds. The van der Waals surface area contributed by atoms with Crippen molar-refractivity contribution in [1.82, 2.24) is 4.90 Å². The lowest BCUT2D eigenvalue weighted by Gasteiger charge is -2.32. The van der Waals surface area contributed by atoms with Crippen LogP contribution >= 0.6 is 0 Å². The molecule has 104 valence electrons. The van der Waals surface area contributed by atoms with Crippen LogP contribution in [0.2, 0.25) is 0 Å². The first-order chi connectivity index (χ1) is 8.25. The minimum atomic E-state index is -5.65. The number of fused-ring (bicyclic) bond motifs is 3. The third-order valence-electron chi connectivity index (χ3n) is 4.00. The summed E-state index contributed by atoms with van der Waals surface area (Å²) >= 11 is 0. The minimum Gasteiger partial charge on any atom is -0.344 e. The van der Waals surface area contributed by atoms with Crippen LogP contribution in [0.5, 0.6) is 0 Å². The maximum atomic E-state index is 13.1. The first kappa shape index (κ1) is 12.6. The van der Waals surface area contributed by atoms with E-state index in [2.05, 4.69) is 4.74 Å². The Morgan fingerprint density at radius 2 is 1.89 bits per heavy atom. The topological polar surface area (TPSA) is 21.7 Å². The Hall–Kier alpha value is -0.470. The lowest BCUT2D eigenvalue weighted by atomic mass is 9.88. The molecule has 0 aromatic rings. The molecule has 2 bridgehead atoms. The van der Waals surface area contributed by atoms with E-state index in [4.69, 9.17) is 4.74 Å². The second-order valence-corrected chi connectivity index (χ2v) is 5.17. The van der Waals surface area contributed by atoms with Crippen molar-refractivity contribution in [3.8, 4) is 0 Å². The number of hydrogen-bond acceptors (Lipinski definition) is 3. The highest BCUT2D eigenvalue weighted by atomic mass is 19.4. The summed E-state index contributed by atoms with van der Waals surface area (Å²) < 4.78 is 72.6. The molecule has 0 aromatic carbocycles. The molecule has 0 saturated carbocycles. The van der Waals surface area contributed by atoms with Gasteiger partial charge in [0.25, 0.3) is 0 Å². The van der Waals surface area contributed by atoms with Gasteiger partial charge in [-0.3, -0.25) is 4.90 Å². The van der Waals surface area contributed by atoms with Crippen molar-refractivity contribution in [2.24, 2.45) is 5.92 Å². The van der Waals surface area contributed by atoms with Crippen LogP contribution in [-0.4, -0.2) is 55.1 Å². The summed E-state index contributed by atoms with van der Waals surface area (Å²) in [6, 6.07) is 0. The van der Waals surface area contributed by atoms with E-state index < -0.39 is 24.0 Å². The first-order valence-corrected chi connectivity index (χ1v) is 5.71. The molecular formula is C10H12F5NO2. The van der Waals surface area contributed by atoms with E-state index in [1.165, 1.54) is 0 Å². The Kier molecular flexibility index (Phi) is 2.47. The van der Waals surface area contributed by atoms with Crippen LogP contribution < -0.4 is 0 Å². The number of piperidine rings is 1. The van der Waals surface area contributed by atoms with Gasteiger partial charge in [-0.05, 0) is 13.0 Å². The average Bonchev–Trinajstić information content (AvgIpc) is 2.91. The van der Waals surface area contributed by atoms with Gasteiger partial charge in [-0.15, -0.1) is 0 Å². The van der Waals surface area contributed by atoms with Crippen molar-refractivity contribution in [1.29, 1.82) is 0 Å². The van der Waals surface area contributed by atoms with E-state index in [-0.39, 0.29) is 12.5 Å². The lowest BCUT2D eigenvalue weighted by molar-refractivity contribution is -0.351. The van der Waals surface area contributed by atoms with Crippen LogP contribution in [0.3, 0.4) is 0 Å². The van der Waals surface area contributed by atoms with Gasteiger partial charge < -0.3 is 9.47 Å². The summed E-state index contributed by atoms with van der Waals surface area (Å²) in [5, 5.41) is 0. The Labute approximate surface area is 99.8 Å². The molecule has 3 aliphatic heterocycles. The van der Waals surface area contributed by atoms with Crippen molar-refractivity contribution in [2.75, 3.05) is 26.2 Å². The van der Waals surface area contributed by atoms with E-state index in [0.717, 1.165) is 13.0 Å². The smallest absolute Gasteiger partial charge is 0.344 e. The van der Waals surface area contributed by atoms with Gasteiger partial charge in [0, 0.05) is 19.0 Å². The predicted octanol–water partition coefficient (Wildman–Crippen LogP) is 1.63. The number of rotatable bonds is 1. The van der Waals surface area contributed by atoms with E-state index in [1.54, 1.807) is 0 Å². The van der Waals surface area contributed by atoms with Crippen molar-refractivity contribution >= 4 is 0 Å². The molecule has 4 atom stereocenters. The van der Waals surface area contributed by atoms with Crippen LogP contribution in [0.1, 0.15) is 6.42 Å². The molecule has 0 radical (unpaired) electrons. The summed E-state index contributed by atoms with van der Waals surface area (Å²) in [6.07, 6.45) is -7.41. The normalized spacial score (nSPS) is 44.2. The molecule has 3 rings (SSSR count). The molecule has 0 aromatic heterocycles. The van der Waals surface area contributed by atoms with E-state index in [9.17, 15) is 22.0 Å². The Balaban J connectivity index is 1.76. The quantitative estimate of drug-likeness (QED) is 0.678. The van der Waals surface area contributed by atoms with Gasteiger partial charge in [-0.2, -0.15) is 22.0 Å². The van der Waals surface area contributed by atoms with Crippen LogP contribution in [0, 0.1) is 5.92 Å². The minimum absolute atomic E-state index is 0.00784. The maximum Gasteiger partial charge on any atom is 0.458 e. The number of ether oxygens (including phenoxy) is 2. The molecule has 3 aliphatic rings. The molecule has 3 heterocycles. The molecular weight excluding hydrogens is 261 g/mol. The van der Waals surface area contributed by atoms with E-state index in [1.807, 2.05) is 4.90 Å². The zero-order valence-electron chi connectivity index (χ0n) is 9.34. The molecule has 1 unspecified atom stereocenters. The molecule has 18 heavy (non-hydrogen) atoms. The fourth-order valence-electron chi connectivity index (χ4n) is 3.02. The molecule has 3 nitrogen and oxygen atoms in total. The highest BCUT2D eigenvalue weighted by molar-refractivity contribution is 5.06. The number of hydrogen-bond donors (Lipinski definition) is 0. The number of nitrogens with zero attached hydrogens (tertiary/aromatic N) is 1. The maximum absolute atomic E-state index is 13.1. The fraction of sp³-hybridized carbons (Fsp3) is 1.00. The van der Waals surface area contributed by atoms with Crippen molar-refractivity contribution < 1.29 is 31.4 Å². The highest BCUT2D eigenvalue weighted by Crippen LogP contribution is 2.49. The summed E-state index contributed by atoms with van der Waals surface area (Å²) in [5.41, 5.74) is -0.975. The van der Waals surface area contributed by atoms with Crippen LogP contribution in [0.15, 0.2) is 0 Å². The second-order valence-electron chi connectivity index (χ2n) is 5.17. The second kappa shape index (κ2) is 3.55. The largest absolute Gasteiger partial charge is 0.458 e. The summed E-state index contributed by atoms with van der Waals surface area (Å²) in [5.74, 6) is -4.97. The van der Waals surface area contributed by atoms with Gasteiger partial charge in [-0.25, -0.2) is 0 Å². The molecule has 0 aliphatic carbocycles. The van der Waals surface area contributed by atoms with Crippen LogP contribution in [0.4, 0.5) is 22.0 Å². The Morgan fingerprint density at radius 3 is 2.39 bits per heavy atom. The Morgan fingerprint density at radius 1 is 1.17 bits per heavy atom. The summed E-state index contributed by atoms with van der Waals surface area (Å²) in [7, 11) is 0. The molecule has 1 spiro atoms. The van der Waals surface area contributed by atoms with Gasteiger partial charge in [0.1, 0.15) is 5.60 Å². The summed E-state index contributed by atoms with van der Waals surface area (Å²) in [6.45, 7) is 1.72. The predicted molar refractivity (Wildman–Crippen MR) is 49.1 cm³/mol. The first-order valence-electron chi connectivity index (χ1n) is 5.71. The van der Waals surface area contributed by atoms with Crippen molar-refractivity contribution in [3.63, 3.8) is 0 Å². The third-order valence-corrected chi connectivity index (χ3v) is 4.00.